The molecule has 0 saturated heterocycles. The smallest absolute Gasteiger partial charge is 0.267 e. The zero-order chi connectivity index (χ0) is 14.4. The van der Waals surface area contributed by atoms with E-state index in [-0.39, 0.29) is 0 Å². The summed E-state index contributed by atoms with van der Waals surface area (Å²) >= 11 is 6.77. The second-order valence-corrected chi connectivity index (χ2v) is 5.15. The van der Waals surface area contributed by atoms with Crippen LogP contribution >= 0.6 is 23.4 Å². The van der Waals surface area contributed by atoms with Crippen LogP contribution in [0, 0.1) is 11.3 Å². The number of pyridine rings is 1. The van der Waals surface area contributed by atoms with E-state index in [1.807, 2.05) is 24.3 Å². The molecule has 6 heteroatoms. The van der Waals surface area contributed by atoms with E-state index in [2.05, 4.69) is 15.7 Å². The van der Waals surface area contributed by atoms with Crippen molar-refractivity contribution < 1.29 is 0 Å². The van der Waals surface area contributed by atoms with Crippen LogP contribution < -0.4 is 10.4 Å². The Labute approximate surface area is 126 Å². The maximum atomic E-state index is 9.02. The molecule has 0 radical (unpaired) electrons. The molecule has 0 aliphatic carbocycles. The first kappa shape index (κ1) is 14.4. The lowest BCUT2D eigenvalue weighted by Crippen LogP contribution is -2.10. The van der Waals surface area contributed by atoms with Crippen LogP contribution in [0.25, 0.3) is 10.9 Å². The lowest BCUT2D eigenvalue weighted by atomic mass is 10.0. The van der Waals surface area contributed by atoms with E-state index < -0.39 is 0 Å². The highest BCUT2D eigenvalue weighted by atomic mass is 35.5. The van der Waals surface area contributed by atoms with Crippen molar-refractivity contribution >= 4 is 45.1 Å². The zero-order valence-corrected chi connectivity index (χ0v) is 12.2. The Kier molecular flexibility index (Phi) is 5.03. The van der Waals surface area contributed by atoms with Gasteiger partial charge in [0.2, 0.25) is 0 Å². The minimum Gasteiger partial charge on any atom is -0.267 e. The van der Waals surface area contributed by atoms with Crippen molar-refractivity contribution in [2.75, 3.05) is 0 Å². The number of fused-ring (bicyclic) bond motifs is 1. The van der Waals surface area contributed by atoms with Crippen LogP contribution in [0.3, 0.4) is 0 Å². The maximum absolute atomic E-state index is 9.02. The third kappa shape index (κ3) is 3.31. The van der Waals surface area contributed by atoms with Gasteiger partial charge >= 0.3 is 5.17 Å². The minimum absolute atomic E-state index is 0.345. The molecular formula is C14H12ClN4S+. The SMILES string of the molecule is N#CCc1c(CSC(N)=[N+]=CCl)ccc2ncccc12. The van der Waals surface area contributed by atoms with Crippen LogP contribution in [0.2, 0.25) is 0 Å². The van der Waals surface area contributed by atoms with Gasteiger partial charge in [0.05, 0.1) is 18.0 Å². The number of nitriles is 1. The van der Waals surface area contributed by atoms with Crippen molar-refractivity contribution in [3.63, 3.8) is 0 Å². The second-order valence-electron chi connectivity index (χ2n) is 3.96. The number of aromatic nitrogens is 1. The molecule has 4 nitrogen and oxygen atoms in total. The molecule has 2 rings (SSSR count). The Morgan fingerprint density at radius 1 is 1.50 bits per heavy atom. The molecule has 0 fully saturated rings. The van der Waals surface area contributed by atoms with E-state index in [4.69, 9.17) is 22.6 Å². The third-order valence-electron chi connectivity index (χ3n) is 2.80. The molecule has 1 heterocycles. The Morgan fingerprint density at radius 2 is 2.35 bits per heavy atom. The van der Waals surface area contributed by atoms with Gasteiger partial charge in [-0.05, 0) is 46.6 Å². The summed E-state index contributed by atoms with van der Waals surface area (Å²) in [5.74, 6) is 0.641. The number of thioether (sulfide) groups is 1. The molecule has 20 heavy (non-hydrogen) atoms. The summed E-state index contributed by atoms with van der Waals surface area (Å²) in [5, 5.41) is 10.4. The summed E-state index contributed by atoms with van der Waals surface area (Å²) in [6.07, 6.45) is 2.09. The van der Waals surface area contributed by atoms with E-state index in [1.165, 1.54) is 11.8 Å². The van der Waals surface area contributed by atoms with Crippen molar-refractivity contribution in [3.8, 4) is 6.07 Å². The van der Waals surface area contributed by atoms with Crippen molar-refractivity contribution in [1.82, 2.24) is 9.65 Å². The number of halogens is 1. The Morgan fingerprint density at radius 3 is 3.10 bits per heavy atom. The predicted octanol–water partition coefficient (Wildman–Crippen LogP) is 2.18. The van der Waals surface area contributed by atoms with Crippen molar-refractivity contribution in [1.29, 1.82) is 5.26 Å². The van der Waals surface area contributed by atoms with Crippen LogP contribution in [-0.4, -0.2) is 15.8 Å². The van der Waals surface area contributed by atoms with Crippen LogP contribution in [0.15, 0.2) is 30.5 Å². The Balaban J connectivity index is 2.40. The topological polar surface area (TPSA) is 76.8 Å². The van der Waals surface area contributed by atoms with Gasteiger partial charge in [0.1, 0.15) is 0 Å². The molecule has 1 aromatic heterocycles. The third-order valence-corrected chi connectivity index (χ3v) is 3.76. The van der Waals surface area contributed by atoms with Gasteiger partial charge in [-0.15, -0.1) is 0 Å². The predicted molar refractivity (Wildman–Crippen MR) is 85.6 cm³/mol. The molecule has 100 valence electrons. The van der Waals surface area contributed by atoms with Gasteiger partial charge in [0.25, 0.3) is 5.67 Å². The van der Waals surface area contributed by atoms with E-state index in [1.54, 1.807) is 6.20 Å². The number of benzene rings is 1. The molecule has 0 amide bonds. The van der Waals surface area contributed by atoms with Crippen LogP contribution in [0.5, 0.6) is 0 Å². The van der Waals surface area contributed by atoms with Gasteiger partial charge in [-0.1, -0.05) is 12.1 Å². The number of hydrogen-bond donors (Lipinski definition) is 1. The summed E-state index contributed by atoms with van der Waals surface area (Å²) < 4.78 is 3.80. The summed E-state index contributed by atoms with van der Waals surface area (Å²) in [6, 6.07) is 9.99. The Bertz CT molecular complexity index is 730. The molecule has 1 aromatic carbocycles. The maximum Gasteiger partial charge on any atom is 0.403 e. The van der Waals surface area contributed by atoms with Crippen LogP contribution in [0.4, 0.5) is 0 Å². The fourth-order valence-electron chi connectivity index (χ4n) is 1.92. The lowest BCUT2D eigenvalue weighted by molar-refractivity contribution is 1.22. The average Bonchev–Trinajstić information content (AvgIpc) is 2.47. The fraction of sp³-hybridized carbons (Fsp3) is 0.143. The summed E-state index contributed by atoms with van der Waals surface area (Å²) in [7, 11) is 0. The molecular weight excluding hydrogens is 292 g/mol. The highest BCUT2D eigenvalue weighted by Gasteiger charge is 2.10. The Hall–Kier alpha value is -1.99. The monoisotopic (exact) mass is 303 g/mol. The molecule has 2 aromatic rings. The standard InChI is InChI=1S/C14H11ClN4S/c15-9-19-14(17)20-8-10-3-4-13-12(2-1-7-18-13)11(10)5-6-16/h1-4,7,9,17H,5,8H2/p+1. The number of nitrogens with two attached hydrogens (primary N) is 1. The molecule has 0 aliphatic heterocycles. The van der Waals surface area contributed by atoms with Gasteiger partial charge in [0.15, 0.2) is 0 Å². The first-order valence-electron chi connectivity index (χ1n) is 5.86. The van der Waals surface area contributed by atoms with Crippen molar-refractivity contribution in [2.24, 2.45) is 5.73 Å². The first-order valence-corrected chi connectivity index (χ1v) is 7.29. The molecule has 2 N–H and O–H groups in total. The van der Waals surface area contributed by atoms with E-state index in [9.17, 15) is 0 Å². The molecule has 0 aliphatic rings. The highest BCUT2D eigenvalue weighted by Crippen LogP contribution is 2.24. The molecule has 0 atom stereocenters. The minimum atomic E-state index is 0.345. The van der Waals surface area contributed by atoms with Gasteiger partial charge in [-0.3, -0.25) is 10.7 Å². The number of nitrogens with zero attached hydrogens (tertiary/aromatic N) is 3. The largest absolute Gasteiger partial charge is 0.403 e. The van der Waals surface area contributed by atoms with Crippen LogP contribution in [0.1, 0.15) is 11.1 Å². The molecule has 0 bridgehead atoms. The van der Waals surface area contributed by atoms with E-state index in [0.717, 1.165) is 27.7 Å². The van der Waals surface area contributed by atoms with E-state index >= 15 is 0 Å². The highest BCUT2D eigenvalue weighted by molar-refractivity contribution is 8.13. The average molecular weight is 304 g/mol. The number of rotatable bonds is 3. The first-order chi connectivity index (χ1) is 9.76. The van der Waals surface area contributed by atoms with E-state index in [0.29, 0.717) is 17.3 Å². The quantitative estimate of drug-likeness (QED) is 0.535. The summed E-state index contributed by atoms with van der Waals surface area (Å²) in [5.41, 5.74) is 9.78. The van der Waals surface area contributed by atoms with Gasteiger partial charge in [-0.2, -0.15) is 9.93 Å². The summed E-state index contributed by atoms with van der Waals surface area (Å²) in [4.78, 5) is 4.30. The molecule has 0 saturated carbocycles. The lowest BCUT2D eigenvalue weighted by Gasteiger charge is -2.08. The van der Waals surface area contributed by atoms with Crippen molar-refractivity contribution in [3.05, 3.63) is 41.6 Å². The normalized spacial score (nSPS) is 9.80. The van der Waals surface area contributed by atoms with Gasteiger partial charge in [-0.25, -0.2) is 0 Å². The fourth-order valence-corrected chi connectivity index (χ4v) is 2.78. The summed E-state index contributed by atoms with van der Waals surface area (Å²) in [6.45, 7) is 0. The molecule has 0 unspecified atom stereocenters. The van der Waals surface area contributed by atoms with Crippen LogP contribution in [-0.2, 0) is 12.2 Å². The van der Waals surface area contributed by atoms with Crippen molar-refractivity contribution in [2.45, 2.75) is 12.2 Å². The van der Waals surface area contributed by atoms with Gasteiger partial charge in [0, 0.05) is 17.3 Å². The number of amidine groups is 1. The van der Waals surface area contributed by atoms with Gasteiger partial charge < -0.3 is 0 Å². The zero-order valence-electron chi connectivity index (χ0n) is 10.6. The second kappa shape index (κ2) is 6.97. The number of hydrogen-bond acceptors (Lipinski definition) is 3. The molecule has 0 spiro atoms.